The van der Waals surface area contributed by atoms with Gasteiger partial charge in [-0.25, -0.2) is 9.23 Å². The van der Waals surface area contributed by atoms with Crippen molar-refractivity contribution in [1.29, 1.82) is 0 Å². The minimum Gasteiger partial charge on any atom is -0.490 e. The van der Waals surface area contributed by atoms with Gasteiger partial charge in [-0.2, -0.15) is 0 Å². The number of amides is 2. The van der Waals surface area contributed by atoms with Gasteiger partial charge in [0.25, 0.3) is 0 Å². The topological polar surface area (TPSA) is 157 Å². The number of rotatable bonds is 19. The number of aliphatic hydroxyl groups is 1. The van der Waals surface area contributed by atoms with Crippen LogP contribution in [0.1, 0.15) is 59.1 Å². The monoisotopic (exact) mass is 917 g/mol. The number of carbonyl (C=O) groups is 2. The van der Waals surface area contributed by atoms with E-state index >= 15 is 0 Å². The molecule has 2 amide bonds. The molecule has 0 aliphatic carbocycles. The van der Waals surface area contributed by atoms with E-state index in [1.54, 1.807) is 41.3 Å². The molecule has 3 aliphatic heterocycles. The number of aliphatic hydroxyl groups excluding tert-OH is 1. The molecule has 5 aromatic carbocycles. The van der Waals surface area contributed by atoms with E-state index in [0.29, 0.717) is 44.0 Å². The molecule has 5 aromatic rings. The van der Waals surface area contributed by atoms with Crippen LogP contribution in [0.15, 0.2) is 115 Å². The summed E-state index contributed by atoms with van der Waals surface area (Å²) in [5.74, 6) is 0.528. The fraction of sp³-hybridized carbons (Fsp3) is 0.385. The second-order valence-corrected chi connectivity index (χ2v) is 17.5. The number of hydrogen-bond donors (Lipinski definition) is 4. The van der Waals surface area contributed by atoms with Crippen LogP contribution in [0.4, 0.5) is 15.8 Å². The highest BCUT2D eigenvalue weighted by Gasteiger charge is 2.41. The van der Waals surface area contributed by atoms with Crippen LogP contribution in [-0.2, 0) is 51.6 Å². The Kier molecular flexibility index (Phi) is 16.0. The van der Waals surface area contributed by atoms with Crippen LogP contribution < -0.4 is 24.6 Å². The van der Waals surface area contributed by atoms with E-state index < -0.39 is 12.1 Å². The van der Waals surface area contributed by atoms with Crippen molar-refractivity contribution in [3.63, 3.8) is 0 Å². The van der Waals surface area contributed by atoms with Crippen LogP contribution in [0.5, 0.6) is 11.5 Å². The van der Waals surface area contributed by atoms with E-state index in [1.165, 1.54) is 11.6 Å². The van der Waals surface area contributed by atoms with Crippen molar-refractivity contribution in [1.82, 2.24) is 15.6 Å². The van der Waals surface area contributed by atoms with Gasteiger partial charge in [0.1, 0.15) is 30.0 Å². The van der Waals surface area contributed by atoms with Crippen LogP contribution in [0, 0.1) is 5.82 Å². The van der Waals surface area contributed by atoms with Crippen molar-refractivity contribution in [3.8, 4) is 11.5 Å². The van der Waals surface area contributed by atoms with Crippen molar-refractivity contribution in [2.24, 2.45) is 0 Å². The fourth-order valence-electron chi connectivity index (χ4n) is 9.26. The van der Waals surface area contributed by atoms with Crippen molar-refractivity contribution in [3.05, 3.63) is 154 Å². The number of benzene rings is 5. The molecule has 4 unspecified atom stereocenters. The summed E-state index contributed by atoms with van der Waals surface area (Å²) in [5, 5.41) is 30.5. The summed E-state index contributed by atoms with van der Waals surface area (Å²) >= 11 is 0. The minimum absolute atomic E-state index is 0.0708. The number of halogens is 1. The van der Waals surface area contributed by atoms with Gasteiger partial charge in [-0.1, -0.05) is 79.7 Å². The summed E-state index contributed by atoms with van der Waals surface area (Å²) in [6.45, 7) is 6.16. The SMILES string of the molecule is CCc1ccc(CC(=O)NC2CN(C(=O)Cc3ccc(CON(O)O)cc3)CC(OCc3ccc4c(c3)N(CCCO)CCO4)C2c2ccc(OC3CCN(c4cccc(F)c4)C3)cc2)cc1. The summed E-state index contributed by atoms with van der Waals surface area (Å²) in [6.07, 6.45) is 1.93. The number of aryl methyl sites for hydroxylation is 1. The number of carbonyl (C=O) groups excluding carboxylic acids is 2. The molecule has 4 N–H and O–H groups in total. The van der Waals surface area contributed by atoms with Crippen molar-refractivity contribution < 1.29 is 48.5 Å². The lowest BCUT2D eigenvalue weighted by Crippen LogP contribution is -2.59. The van der Waals surface area contributed by atoms with Crippen LogP contribution in [0.3, 0.4) is 0 Å². The molecule has 2 saturated heterocycles. The summed E-state index contributed by atoms with van der Waals surface area (Å²) in [7, 11) is 0. The molecule has 3 heterocycles. The van der Waals surface area contributed by atoms with E-state index in [0.717, 1.165) is 58.8 Å². The third kappa shape index (κ3) is 12.7. The fourth-order valence-corrected chi connectivity index (χ4v) is 9.26. The van der Waals surface area contributed by atoms with Gasteiger partial charge in [-0.05, 0) is 88.7 Å². The predicted molar refractivity (Wildman–Crippen MR) is 250 cm³/mol. The Morgan fingerprint density at radius 2 is 1.55 bits per heavy atom. The highest BCUT2D eigenvalue weighted by Crippen LogP contribution is 2.36. The minimum atomic E-state index is -0.550. The number of nitrogens with zero attached hydrogens (tertiary/aromatic N) is 4. The van der Waals surface area contributed by atoms with Crippen LogP contribution in [0.25, 0.3) is 0 Å². The first-order valence-electron chi connectivity index (χ1n) is 23.1. The number of nitrogens with one attached hydrogen (secondary N) is 1. The lowest BCUT2D eigenvalue weighted by atomic mass is 9.82. The molecule has 15 heteroatoms. The van der Waals surface area contributed by atoms with Crippen LogP contribution in [-0.4, -0.2) is 108 Å². The van der Waals surface area contributed by atoms with E-state index in [4.69, 9.17) is 29.5 Å². The molecule has 67 heavy (non-hydrogen) atoms. The first kappa shape index (κ1) is 47.4. The highest BCUT2D eigenvalue weighted by atomic mass is 19.1. The number of anilines is 2. The zero-order valence-corrected chi connectivity index (χ0v) is 37.8. The van der Waals surface area contributed by atoms with Crippen LogP contribution >= 0.6 is 0 Å². The Balaban J connectivity index is 1.06. The molecule has 0 saturated carbocycles. The number of hydrogen-bond acceptors (Lipinski definition) is 12. The maximum absolute atomic E-state index is 14.3. The molecule has 3 aliphatic rings. The predicted octanol–water partition coefficient (Wildman–Crippen LogP) is 6.62. The lowest BCUT2D eigenvalue weighted by Gasteiger charge is -2.44. The Morgan fingerprint density at radius 1 is 0.821 bits per heavy atom. The zero-order valence-electron chi connectivity index (χ0n) is 37.8. The maximum Gasteiger partial charge on any atom is 0.227 e. The number of piperidine rings is 1. The van der Waals surface area contributed by atoms with Crippen LogP contribution in [0.2, 0.25) is 0 Å². The molecule has 0 bridgehead atoms. The molecule has 354 valence electrons. The molecular formula is C52H60FN5O9. The average molecular weight is 918 g/mol. The Bertz CT molecular complexity index is 2410. The second kappa shape index (κ2) is 22.6. The van der Waals surface area contributed by atoms with Gasteiger partial charge in [0.2, 0.25) is 11.8 Å². The molecule has 0 aromatic heterocycles. The Morgan fingerprint density at radius 3 is 2.28 bits per heavy atom. The third-order valence-electron chi connectivity index (χ3n) is 12.8. The van der Waals surface area contributed by atoms with E-state index in [-0.39, 0.29) is 80.8 Å². The van der Waals surface area contributed by atoms with E-state index in [9.17, 15) is 19.1 Å². The quantitative estimate of drug-likeness (QED) is 0.0658. The van der Waals surface area contributed by atoms with Gasteiger partial charge < -0.3 is 39.3 Å². The van der Waals surface area contributed by atoms with Gasteiger partial charge in [0.15, 0.2) is 0 Å². The second-order valence-electron chi connectivity index (χ2n) is 17.5. The first-order chi connectivity index (χ1) is 32.6. The summed E-state index contributed by atoms with van der Waals surface area (Å²) < 4.78 is 33.4. The Hall–Kier alpha value is -6.07. The summed E-state index contributed by atoms with van der Waals surface area (Å²) in [5.41, 5.74) is 7.11. The smallest absolute Gasteiger partial charge is 0.227 e. The summed E-state index contributed by atoms with van der Waals surface area (Å²) in [4.78, 5) is 39.2. The molecule has 2 fully saturated rings. The third-order valence-corrected chi connectivity index (χ3v) is 12.8. The van der Waals surface area contributed by atoms with Gasteiger partial charge in [0, 0.05) is 50.8 Å². The molecule has 14 nitrogen and oxygen atoms in total. The van der Waals surface area contributed by atoms with Crippen molar-refractivity contribution >= 4 is 23.2 Å². The summed E-state index contributed by atoms with van der Waals surface area (Å²) in [6, 6.07) is 35.2. The van der Waals surface area contributed by atoms with Gasteiger partial charge >= 0.3 is 0 Å². The van der Waals surface area contributed by atoms with Gasteiger partial charge in [-0.3, -0.25) is 20.0 Å². The first-order valence-corrected chi connectivity index (χ1v) is 23.1. The van der Waals surface area contributed by atoms with Gasteiger partial charge in [-0.15, -0.1) is 0 Å². The highest BCUT2D eigenvalue weighted by molar-refractivity contribution is 5.81. The largest absolute Gasteiger partial charge is 0.490 e. The van der Waals surface area contributed by atoms with E-state index in [1.807, 2.05) is 66.7 Å². The molecular weight excluding hydrogens is 858 g/mol. The average Bonchev–Trinajstić information content (AvgIpc) is 3.81. The molecule has 4 atom stereocenters. The molecule has 0 radical (unpaired) electrons. The number of fused-ring (bicyclic) bond motifs is 1. The molecule has 8 rings (SSSR count). The maximum atomic E-state index is 14.3. The number of ether oxygens (including phenoxy) is 3. The lowest BCUT2D eigenvalue weighted by molar-refractivity contribution is -0.497. The zero-order chi connectivity index (χ0) is 46.7. The van der Waals surface area contributed by atoms with Gasteiger partial charge in [0.05, 0.1) is 62.4 Å². The number of likely N-dealkylation sites (tertiary alicyclic amines) is 1. The Labute approximate surface area is 390 Å². The molecule has 0 spiro atoms. The van der Waals surface area contributed by atoms with Crippen molar-refractivity contribution in [2.75, 3.05) is 62.3 Å². The van der Waals surface area contributed by atoms with Crippen molar-refractivity contribution in [2.45, 2.75) is 76.4 Å². The van der Waals surface area contributed by atoms with E-state index in [2.05, 4.69) is 28.1 Å². The standard InChI is InChI=1S/C52H60FN5O9/c1-2-36-7-9-37(10-8-36)28-50(60)54-46-32-57(51(61)29-38-11-13-39(14-12-38)35-66-58(62)63)33-49(65-34-40-15-20-48-47(27-40)55(22-4-25-59)24-26-64-48)52(46)41-16-18-44(19-17-41)67-45-21-23-56(31-45)43-6-3-5-42(53)30-43/h3,5-20,27,30,45-46,49,52,59,62-63H,2,4,21-26,28-29,31-35H2,1H3,(H,54,60). The normalized spacial score (nSPS) is 19.3.